The van der Waals surface area contributed by atoms with Gasteiger partial charge in [0.2, 0.25) is 0 Å². The molecule has 25 heavy (non-hydrogen) atoms. The number of rotatable bonds is 3. The molecule has 0 radical (unpaired) electrons. The highest BCUT2D eigenvalue weighted by Gasteiger charge is 2.21. The molecule has 7 heteroatoms. The molecule has 0 bridgehead atoms. The van der Waals surface area contributed by atoms with Crippen molar-refractivity contribution >= 4 is 23.1 Å². The van der Waals surface area contributed by atoms with Crippen molar-refractivity contribution in [2.24, 2.45) is 0 Å². The largest absolute Gasteiger partial charge is 0.352 e. The first-order valence-electron chi connectivity index (χ1n) is 8.93. The fourth-order valence-corrected chi connectivity index (χ4v) is 3.47. The minimum absolute atomic E-state index is 0.581. The summed E-state index contributed by atoms with van der Waals surface area (Å²) in [6.45, 7) is 12.4. The van der Waals surface area contributed by atoms with Crippen molar-refractivity contribution in [3.63, 3.8) is 0 Å². The summed E-state index contributed by atoms with van der Waals surface area (Å²) in [5.41, 5.74) is 1.30. The number of pyridine rings is 1. The Morgan fingerprint density at radius 1 is 1.08 bits per heavy atom. The van der Waals surface area contributed by atoms with Gasteiger partial charge in [-0.3, -0.25) is 4.40 Å². The Bertz CT molecular complexity index is 749. The van der Waals surface area contributed by atoms with E-state index in [4.69, 9.17) is 16.6 Å². The summed E-state index contributed by atoms with van der Waals surface area (Å²) in [5.74, 6) is 0.763. The van der Waals surface area contributed by atoms with Crippen LogP contribution in [0.1, 0.15) is 19.5 Å². The lowest BCUT2D eigenvalue weighted by atomic mass is 10.3. The molecule has 0 aromatic carbocycles. The van der Waals surface area contributed by atoms with Crippen LogP contribution in [-0.2, 0) is 0 Å². The fraction of sp³-hybridized carbons (Fsp3) is 0.556. The van der Waals surface area contributed by atoms with E-state index in [9.17, 15) is 5.26 Å². The van der Waals surface area contributed by atoms with Gasteiger partial charge in [0.05, 0.1) is 0 Å². The Hall–Kier alpha value is -1.81. The molecule has 2 aromatic rings. The summed E-state index contributed by atoms with van der Waals surface area (Å²) in [6, 6.07) is 5.92. The lowest BCUT2D eigenvalue weighted by Gasteiger charge is -2.25. The Morgan fingerprint density at radius 2 is 1.68 bits per heavy atom. The molecule has 0 unspecified atom stereocenters. The summed E-state index contributed by atoms with van der Waals surface area (Å²) in [7, 11) is 0. The van der Waals surface area contributed by atoms with Crippen LogP contribution in [0.15, 0.2) is 18.3 Å². The minimum Gasteiger partial charge on any atom is -0.352 e. The van der Waals surface area contributed by atoms with Crippen molar-refractivity contribution in [1.82, 2.24) is 19.2 Å². The van der Waals surface area contributed by atoms with Gasteiger partial charge in [-0.15, -0.1) is 0 Å². The number of halogens is 1. The number of hydrogen-bond acceptors (Lipinski definition) is 5. The van der Waals surface area contributed by atoms with E-state index in [1.165, 1.54) is 0 Å². The van der Waals surface area contributed by atoms with E-state index in [2.05, 4.69) is 34.6 Å². The summed E-state index contributed by atoms with van der Waals surface area (Å²) < 4.78 is 1.82. The molecule has 0 saturated carbocycles. The first kappa shape index (κ1) is 18.0. The maximum Gasteiger partial charge on any atom is 0.169 e. The molecular weight excluding hydrogens is 336 g/mol. The zero-order valence-corrected chi connectivity index (χ0v) is 15.7. The smallest absolute Gasteiger partial charge is 0.169 e. The molecule has 1 saturated heterocycles. The average molecular weight is 361 g/mol. The number of nitriles is 1. The van der Waals surface area contributed by atoms with Crippen molar-refractivity contribution in [2.45, 2.75) is 13.8 Å². The third-order valence-corrected chi connectivity index (χ3v) is 5.21. The average Bonchev–Trinajstić information content (AvgIpc) is 3.02. The number of aromatic nitrogens is 2. The van der Waals surface area contributed by atoms with Crippen LogP contribution in [0.5, 0.6) is 0 Å². The van der Waals surface area contributed by atoms with Gasteiger partial charge < -0.3 is 14.7 Å². The number of hydrogen-bond donors (Lipinski definition) is 0. The molecule has 1 fully saturated rings. The molecule has 0 spiro atoms. The Labute approximate surface area is 154 Å². The van der Waals surface area contributed by atoms with Crippen LogP contribution >= 0.6 is 11.6 Å². The third kappa shape index (κ3) is 3.90. The van der Waals surface area contributed by atoms with E-state index in [1.54, 1.807) is 12.1 Å². The van der Waals surface area contributed by atoms with Crippen molar-refractivity contribution in [3.05, 3.63) is 29.0 Å². The topological polar surface area (TPSA) is 50.8 Å². The quantitative estimate of drug-likeness (QED) is 0.840. The van der Waals surface area contributed by atoms with Crippen molar-refractivity contribution in [2.75, 3.05) is 57.3 Å². The van der Waals surface area contributed by atoms with Gasteiger partial charge in [0, 0.05) is 56.6 Å². The fourth-order valence-electron chi connectivity index (χ4n) is 3.32. The lowest BCUT2D eigenvalue weighted by molar-refractivity contribution is 0.232. The Balaban J connectivity index is 1.95. The Morgan fingerprint density at radius 3 is 2.24 bits per heavy atom. The van der Waals surface area contributed by atoms with Gasteiger partial charge in [-0.25, -0.2) is 4.98 Å². The molecule has 1 aliphatic rings. The van der Waals surface area contributed by atoms with Gasteiger partial charge in [-0.2, -0.15) is 5.26 Å². The second-order valence-electron chi connectivity index (χ2n) is 6.32. The second-order valence-corrected chi connectivity index (χ2v) is 6.76. The number of fused-ring (bicyclic) bond motifs is 1. The maximum atomic E-state index is 9.69. The molecule has 0 amide bonds. The van der Waals surface area contributed by atoms with Gasteiger partial charge in [0.15, 0.2) is 11.5 Å². The van der Waals surface area contributed by atoms with Crippen LogP contribution < -0.4 is 4.90 Å². The predicted octanol–water partition coefficient (Wildman–Crippen LogP) is 2.32. The number of nitrogens with zero attached hydrogens (tertiary/aromatic N) is 6. The summed E-state index contributed by atoms with van der Waals surface area (Å²) >= 11 is 6.09. The van der Waals surface area contributed by atoms with Gasteiger partial charge >= 0.3 is 0 Å². The highest BCUT2D eigenvalue weighted by Crippen LogP contribution is 2.23. The zero-order chi connectivity index (χ0) is 17.8. The van der Waals surface area contributed by atoms with Crippen LogP contribution in [0.3, 0.4) is 0 Å². The van der Waals surface area contributed by atoms with E-state index >= 15 is 0 Å². The molecule has 3 rings (SSSR count). The number of anilines is 1. The molecule has 0 N–H and O–H groups in total. The van der Waals surface area contributed by atoms with Gasteiger partial charge in [0.25, 0.3) is 0 Å². The molecule has 1 aliphatic heterocycles. The summed E-state index contributed by atoms with van der Waals surface area (Å²) in [6.07, 6.45) is 1.82. The highest BCUT2D eigenvalue weighted by atomic mass is 35.5. The summed E-state index contributed by atoms with van der Waals surface area (Å²) in [5, 5.41) is 10.3. The van der Waals surface area contributed by atoms with Crippen molar-refractivity contribution in [3.8, 4) is 6.07 Å². The van der Waals surface area contributed by atoms with Crippen LogP contribution in [0.25, 0.3) is 5.65 Å². The standard InChI is InChI=1S/C18H25ClN6/c1-3-22-7-8-23(4-2)10-12-24(11-9-22)18-16(14-20)25-6-5-15(19)13-17(25)21-18/h5-6,13H,3-4,7-12H2,1-2H3. The van der Waals surface area contributed by atoms with Gasteiger partial charge in [-0.1, -0.05) is 25.4 Å². The molecule has 2 aromatic heterocycles. The Kier molecular flexibility index (Phi) is 5.79. The van der Waals surface area contributed by atoms with Crippen molar-refractivity contribution < 1.29 is 0 Å². The lowest BCUT2D eigenvalue weighted by Crippen LogP contribution is -2.36. The zero-order valence-electron chi connectivity index (χ0n) is 15.0. The maximum absolute atomic E-state index is 9.69. The second kappa shape index (κ2) is 8.05. The van der Waals surface area contributed by atoms with E-state index in [-0.39, 0.29) is 0 Å². The van der Waals surface area contributed by atoms with Gasteiger partial charge in [-0.05, 0) is 19.2 Å². The highest BCUT2D eigenvalue weighted by molar-refractivity contribution is 6.30. The van der Waals surface area contributed by atoms with Crippen LogP contribution in [0, 0.1) is 11.3 Å². The van der Waals surface area contributed by atoms with E-state index in [1.807, 2.05) is 10.6 Å². The van der Waals surface area contributed by atoms with Crippen LogP contribution in [0.2, 0.25) is 5.02 Å². The molecule has 134 valence electrons. The molecule has 0 aliphatic carbocycles. The van der Waals surface area contributed by atoms with Crippen molar-refractivity contribution in [1.29, 1.82) is 5.26 Å². The molecule has 0 atom stereocenters. The molecule has 6 nitrogen and oxygen atoms in total. The van der Waals surface area contributed by atoms with Crippen LogP contribution in [-0.4, -0.2) is 71.5 Å². The van der Waals surface area contributed by atoms with E-state index in [0.29, 0.717) is 10.7 Å². The predicted molar refractivity (Wildman–Crippen MR) is 101 cm³/mol. The first-order valence-corrected chi connectivity index (χ1v) is 9.31. The monoisotopic (exact) mass is 360 g/mol. The molecular formula is C18H25ClN6. The SMILES string of the molecule is CCN1CCN(CC)CCN(c2nc3cc(Cl)ccn3c2C#N)CC1. The normalized spacial score (nSPS) is 17.9. The van der Waals surface area contributed by atoms with Crippen LogP contribution in [0.4, 0.5) is 5.82 Å². The first-order chi connectivity index (χ1) is 12.2. The number of imidazole rings is 1. The third-order valence-electron chi connectivity index (χ3n) is 4.97. The van der Waals surface area contributed by atoms with E-state index < -0.39 is 0 Å². The number of likely N-dealkylation sites (N-methyl/N-ethyl adjacent to an activating group) is 2. The van der Waals surface area contributed by atoms with Gasteiger partial charge in [0.1, 0.15) is 11.7 Å². The minimum atomic E-state index is 0.581. The van der Waals surface area contributed by atoms with E-state index in [0.717, 1.165) is 63.8 Å². The molecule has 3 heterocycles. The summed E-state index contributed by atoms with van der Waals surface area (Å²) in [4.78, 5) is 11.9.